The van der Waals surface area contributed by atoms with E-state index in [9.17, 15) is 10.1 Å². The molecule has 0 spiro atoms. The summed E-state index contributed by atoms with van der Waals surface area (Å²) in [5.41, 5.74) is 2.01. The number of ether oxygens (including phenoxy) is 1. The quantitative estimate of drug-likeness (QED) is 0.189. The molecular weight excluding hydrogens is 521 g/mol. The van der Waals surface area contributed by atoms with Crippen LogP contribution in [-0.2, 0) is 6.54 Å². The van der Waals surface area contributed by atoms with Gasteiger partial charge in [-0.3, -0.25) is 15.1 Å². The molecule has 1 aliphatic rings. The smallest absolute Gasteiger partial charge is 0.269 e. The topological polar surface area (TPSA) is 92.0 Å². The Hall–Kier alpha value is -2.27. The van der Waals surface area contributed by atoms with E-state index in [1.807, 2.05) is 18.2 Å². The molecule has 1 aliphatic heterocycles. The van der Waals surface area contributed by atoms with Crippen LogP contribution in [0.15, 0.2) is 47.5 Å². The van der Waals surface area contributed by atoms with Crippen molar-refractivity contribution in [3.05, 3.63) is 63.2 Å². The number of nitro benzene ring substituents is 1. The molecular formula is C20H25ClIN5O3. The second-order valence-electron chi connectivity index (χ2n) is 6.74. The van der Waals surface area contributed by atoms with Crippen LogP contribution in [0, 0.1) is 10.1 Å². The summed E-state index contributed by atoms with van der Waals surface area (Å²) in [6.07, 6.45) is 0.952. The van der Waals surface area contributed by atoms with Crippen molar-refractivity contribution in [2.24, 2.45) is 4.99 Å². The highest BCUT2D eigenvalue weighted by atomic mass is 127. The van der Waals surface area contributed by atoms with E-state index in [0.29, 0.717) is 17.5 Å². The van der Waals surface area contributed by atoms with Gasteiger partial charge in [-0.15, -0.1) is 24.0 Å². The minimum Gasteiger partial charge on any atom is -0.495 e. The van der Waals surface area contributed by atoms with Crippen LogP contribution in [0.1, 0.15) is 12.0 Å². The van der Waals surface area contributed by atoms with E-state index in [0.717, 1.165) is 36.5 Å². The standard InChI is InChI=1S/C20H24ClN5O3.HI/c1-22-20(23-12-14-3-6-17(7-4-14)26(27)28)24-16-9-10-25(13-16)18-11-15(21)5-8-19(18)29-2;/h3-8,11,16H,9-10,12-13H2,1-2H3,(H2,22,23,24);1H. The Morgan fingerprint density at radius 1 is 1.33 bits per heavy atom. The molecule has 0 aromatic heterocycles. The number of halogens is 2. The molecule has 2 aromatic carbocycles. The van der Waals surface area contributed by atoms with E-state index in [-0.39, 0.29) is 35.7 Å². The van der Waals surface area contributed by atoms with Gasteiger partial charge in [0, 0.05) is 49.9 Å². The van der Waals surface area contributed by atoms with E-state index < -0.39 is 4.92 Å². The van der Waals surface area contributed by atoms with Crippen LogP contribution < -0.4 is 20.3 Å². The van der Waals surface area contributed by atoms with Gasteiger partial charge in [-0.05, 0) is 30.2 Å². The summed E-state index contributed by atoms with van der Waals surface area (Å²) in [6.45, 7) is 2.21. The zero-order chi connectivity index (χ0) is 20.8. The number of anilines is 1. The number of hydrogen-bond acceptors (Lipinski definition) is 5. The third kappa shape index (κ3) is 6.11. The summed E-state index contributed by atoms with van der Waals surface area (Å²) in [7, 11) is 3.38. The van der Waals surface area contributed by atoms with Gasteiger partial charge in [0.05, 0.1) is 17.7 Å². The second-order valence-corrected chi connectivity index (χ2v) is 7.18. The van der Waals surface area contributed by atoms with Crippen LogP contribution in [-0.4, -0.2) is 44.2 Å². The second kappa shape index (κ2) is 11.2. The average molecular weight is 546 g/mol. The fraction of sp³-hybridized carbons (Fsp3) is 0.350. The molecule has 0 amide bonds. The molecule has 2 N–H and O–H groups in total. The van der Waals surface area contributed by atoms with Crippen LogP contribution in [0.5, 0.6) is 5.75 Å². The van der Waals surface area contributed by atoms with Crippen molar-refractivity contribution in [2.75, 3.05) is 32.1 Å². The Bertz CT molecular complexity index is 895. The number of rotatable bonds is 6. The maximum absolute atomic E-state index is 10.7. The predicted molar refractivity (Wildman–Crippen MR) is 130 cm³/mol. The molecule has 1 atom stereocenters. The molecule has 0 radical (unpaired) electrons. The van der Waals surface area contributed by atoms with Crippen molar-refractivity contribution in [2.45, 2.75) is 19.0 Å². The normalized spacial score (nSPS) is 16.0. The summed E-state index contributed by atoms with van der Waals surface area (Å²) in [4.78, 5) is 16.9. The molecule has 8 nitrogen and oxygen atoms in total. The molecule has 1 unspecified atom stereocenters. The van der Waals surface area contributed by atoms with Crippen molar-refractivity contribution in [1.29, 1.82) is 0 Å². The van der Waals surface area contributed by atoms with Gasteiger partial charge in [-0.25, -0.2) is 0 Å². The first-order valence-electron chi connectivity index (χ1n) is 9.29. The zero-order valence-electron chi connectivity index (χ0n) is 16.8. The van der Waals surface area contributed by atoms with E-state index >= 15 is 0 Å². The molecule has 30 heavy (non-hydrogen) atoms. The lowest BCUT2D eigenvalue weighted by Crippen LogP contribution is -2.44. The molecule has 162 valence electrons. The lowest BCUT2D eigenvalue weighted by molar-refractivity contribution is -0.384. The van der Waals surface area contributed by atoms with Crippen LogP contribution >= 0.6 is 35.6 Å². The Morgan fingerprint density at radius 2 is 2.07 bits per heavy atom. The number of aliphatic imine (C=N–C) groups is 1. The minimum absolute atomic E-state index is 0. The highest BCUT2D eigenvalue weighted by Gasteiger charge is 2.25. The summed E-state index contributed by atoms with van der Waals surface area (Å²) < 4.78 is 5.46. The number of benzene rings is 2. The van der Waals surface area contributed by atoms with Crippen LogP contribution in [0.25, 0.3) is 0 Å². The Kier molecular flexibility index (Phi) is 8.97. The van der Waals surface area contributed by atoms with Gasteiger partial charge in [0.2, 0.25) is 0 Å². The number of nitrogens with zero attached hydrogens (tertiary/aromatic N) is 3. The number of nitro groups is 1. The molecule has 3 rings (SSSR count). The first kappa shape index (κ1) is 24.0. The first-order chi connectivity index (χ1) is 14.0. The zero-order valence-corrected chi connectivity index (χ0v) is 19.9. The minimum atomic E-state index is -0.404. The summed E-state index contributed by atoms with van der Waals surface area (Å²) in [6, 6.07) is 12.3. The molecule has 1 heterocycles. The van der Waals surface area contributed by atoms with Gasteiger partial charge in [0.1, 0.15) is 5.75 Å². The number of non-ortho nitro benzene ring substituents is 1. The fourth-order valence-electron chi connectivity index (χ4n) is 3.32. The van der Waals surface area contributed by atoms with Gasteiger partial charge < -0.3 is 20.3 Å². The van der Waals surface area contributed by atoms with E-state index in [4.69, 9.17) is 16.3 Å². The van der Waals surface area contributed by atoms with Crippen molar-refractivity contribution in [3.63, 3.8) is 0 Å². The highest BCUT2D eigenvalue weighted by Crippen LogP contribution is 2.33. The van der Waals surface area contributed by atoms with Gasteiger partial charge in [-0.1, -0.05) is 23.7 Å². The molecule has 0 aliphatic carbocycles. The Balaban J connectivity index is 0.00000320. The van der Waals surface area contributed by atoms with Crippen molar-refractivity contribution in [1.82, 2.24) is 10.6 Å². The van der Waals surface area contributed by atoms with Crippen molar-refractivity contribution in [3.8, 4) is 5.75 Å². The monoisotopic (exact) mass is 545 g/mol. The van der Waals surface area contributed by atoms with Crippen LogP contribution in [0.3, 0.4) is 0 Å². The van der Waals surface area contributed by atoms with Gasteiger partial charge in [-0.2, -0.15) is 0 Å². The Morgan fingerprint density at radius 3 is 2.70 bits per heavy atom. The number of methoxy groups -OCH3 is 1. The molecule has 0 bridgehead atoms. The van der Waals surface area contributed by atoms with Gasteiger partial charge in [0.15, 0.2) is 5.96 Å². The molecule has 10 heteroatoms. The number of nitrogens with one attached hydrogen (secondary N) is 2. The third-order valence-electron chi connectivity index (χ3n) is 4.84. The molecule has 2 aromatic rings. The molecule has 0 saturated carbocycles. The average Bonchev–Trinajstić information content (AvgIpc) is 3.19. The van der Waals surface area contributed by atoms with Crippen molar-refractivity contribution >= 4 is 52.9 Å². The largest absolute Gasteiger partial charge is 0.495 e. The summed E-state index contributed by atoms with van der Waals surface area (Å²) in [5.74, 6) is 1.49. The SMILES string of the molecule is CN=C(NCc1ccc([N+](=O)[O-])cc1)NC1CCN(c2cc(Cl)ccc2OC)C1.I. The lowest BCUT2D eigenvalue weighted by atomic mass is 10.2. The third-order valence-corrected chi connectivity index (χ3v) is 5.08. The van der Waals surface area contributed by atoms with E-state index in [2.05, 4.69) is 20.5 Å². The van der Waals surface area contributed by atoms with E-state index in [1.54, 1.807) is 26.3 Å². The molecule has 1 fully saturated rings. The number of hydrogen-bond donors (Lipinski definition) is 2. The lowest BCUT2D eigenvalue weighted by Gasteiger charge is -2.22. The van der Waals surface area contributed by atoms with Crippen LogP contribution in [0.2, 0.25) is 5.02 Å². The van der Waals surface area contributed by atoms with Crippen LogP contribution in [0.4, 0.5) is 11.4 Å². The first-order valence-corrected chi connectivity index (χ1v) is 9.67. The summed E-state index contributed by atoms with van der Waals surface area (Å²) >= 11 is 6.16. The van der Waals surface area contributed by atoms with E-state index in [1.165, 1.54) is 12.1 Å². The van der Waals surface area contributed by atoms with Crippen molar-refractivity contribution < 1.29 is 9.66 Å². The van der Waals surface area contributed by atoms with Gasteiger partial charge >= 0.3 is 0 Å². The maximum atomic E-state index is 10.7. The predicted octanol–water partition coefficient (Wildman–Crippen LogP) is 3.82. The Labute approximate surface area is 197 Å². The van der Waals surface area contributed by atoms with Gasteiger partial charge in [0.25, 0.3) is 5.69 Å². The number of guanidine groups is 1. The molecule has 1 saturated heterocycles. The fourth-order valence-corrected chi connectivity index (χ4v) is 3.48. The maximum Gasteiger partial charge on any atom is 0.269 e. The highest BCUT2D eigenvalue weighted by molar-refractivity contribution is 14.0. The summed E-state index contributed by atoms with van der Waals surface area (Å²) in [5, 5.41) is 18.1.